The van der Waals surface area contributed by atoms with Crippen LogP contribution in [0.1, 0.15) is 17.7 Å². The van der Waals surface area contributed by atoms with Gasteiger partial charge in [0.05, 0.1) is 35.7 Å². The van der Waals surface area contributed by atoms with E-state index in [9.17, 15) is 18.0 Å². The summed E-state index contributed by atoms with van der Waals surface area (Å²) in [5.74, 6) is -0.308. The highest BCUT2D eigenvalue weighted by atomic mass is 19.4. The number of halogens is 3. The third-order valence-electron chi connectivity index (χ3n) is 4.63. The average Bonchev–Trinajstić information content (AvgIpc) is 3.29. The number of imidazole rings is 1. The first kappa shape index (κ1) is 17.3. The van der Waals surface area contributed by atoms with Crippen LogP contribution in [0, 0.1) is 5.92 Å². The normalized spacial score (nSPS) is 16.8. The molecule has 9 heteroatoms. The minimum Gasteiger partial charge on any atom is -0.335 e. The summed E-state index contributed by atoms with van der Waals surface area (Å²) in [6.07, 6.45) is 3.32. The van der Waals surface area contributed by atoms with E-state index in [4.69, 9.17) is 0 Å². The van der Waals surface area contributed by atoms with Gasteiger partial charge in [-0.1, -0.05) is 6.07 Å². The van der Waals surface area contributed by atoms with Gasteiger partial charge >= 0.3 is 6.18 Å². The third-order valence-corrected chi connectivity index (χ3v) is 4.63. The lowest BCUT2D eigenvalue weighted by Crippen LogP contribution is -2.29. The second kappa shape index (κ2) is 6.57. The molecule has 0 saturated heterocycles. The van der Waals surface area contributed by atoms with Crippen LogP contribution in [0.5, 0.6) is 0 Å². The van der Waals surface area contributed by atoms with Crippen molar-refractivity contribution in [1.82, 2.24) is 19.3 Å². The van der Waals surface area contributed by atoms with Crippen LogP contribution in [0.3, 0.4) is 0 Å². The van der Waals surface area contributed by atoms with Crippen molar-refractivity contribution in [1.29, 1.82) is 0 Å². The molecule has 1 aliphatic heterocycles. The minimum atomic E-state index is -4.42. The Kier molecular flexibility index (Phi) is 4.21. The number of nitrogens with zero attached hydrogens (tertiary/aromatic N) is 4. The Hall–Kier alpha value is -3.10. The zero-order chi connectivity index (χ0) is 19.0. The Labute approximate surface area is 152 Å². The fraction of sp³-hybridized carbons (Fsp3) is 0.278. The van der Waals surface area contributed by atoms with Crippen molar-refractivity contribution in [3.05, 3.63) is 60.4 Å². The van der Waals surface area contributed by atoms with Crippen LogP contribution in [-0.4, -0.2) is 25.2 Å². The molecular weight excluding hydrogens is 359 g/mol. The lowest BCUT2D eigenvalue weighted by molar-refractivity contribution is -0.137. The van der Waals surface area contributed by atoms with Crippen molar-refractivity contribution in [3.63, 3.8) is 0 Å². The first-order chi connectivity index (χ1) is 12.9. The fourth-order valence-electron chi connectivity index (χ4n) is 3.19. The van der Waals surface area contributed by atoms with E-state index in [1.165, 1.54) is 29.2 Å². The Morgan fingerprint density at radius 2 is 2.11 bits per heavy atom. The number of alkyl halides is 3. The van der Waals surface area contributed by atoms with E-state index in [1.807, 2.05) is 4.57 Å². The quantitative estimate of drug-likeness (QED) is 0.764. The minimum absolute atomic E-state index is 0.133. The van der Waals surface area contributed by atoms with E-state index in [-0.39, 0.29) is 17.5 Å². The Balaban J connectivity index is 1.46. The Morgan fingerprint density at radius 3 is 2.93 bits per heavy atom. The number of hydrogen-bond donors (Lipinski definition) is 1. The van der Waals surface area contributed by atoms with E-state index < -0.39 is 11.7 Å². The van der Waals surface area contributed by atoms with E-state index in [0.29, 0.717) is 18.5 Å². The van der Waals surface area contributed by atoms with E-state index in [0.717, 1.165) is 24.4 Å². The number of benzene rings is 1. The number of carbonyl (C=O) groups is 1. The summed E-state index contributed by atoms with van der Waals surface area (Å²) in [6, 6.07) is 4.86. The maximum Gasteiger partial charge on any atom is 0.416 e. The van der Waals surface area contributed by atoms with E-state index in [2.05, 4.69) is 15.4 Å². The predicted molar refractivity (Wildman–Crippen MR) is 91.2 cm³/mol. The van der Waals surface area contributed by atoms with Gasteiger partial charge in [-0.3, -0.25) is 4.79 Å². The zero-order valence-corrected chi connectivity index (χ0v) is 14.1. The molecule has 1 unspecified atom stereocenters. The van der Waals surface area contributed by atoms with Gasteiger partial charge in [0.15, 0.2) is 0 Å². The maximum atomic E-state index is 12.9. The number of fused-ring (bicyclic) bond motifs is 1. The number of rotatable bonds is 3. The highest BCUT2D eigenvalue weighted by Gasteiger charge is 2.30. The predicted octanol–water partition coefficient (Wildman–Crippen LogP) is 3.29. The number of carbonyl (C=O) groups excluding carboxylic acids is 1. The SMILES string of the molecule is O=C(Nc1cnn(-c2cccc(C(F)(F)F)c2)c1)C1CCn2cncc2C1. The summed E-state index contributed by atoms with van der Waals surface area (Å²) in [6.45, 7) is 0.733. The van der Waals surface area contributed by atoms with Crippen molar-refractivity contribution in [2.24, 2.45) is 5.92 Å². The summed E-state index contributed by atoms with van der Waals surface area (Å²) in [5.41, 5.74) is 0.976. The number of amides is 1. The van der Waals surface area contributed by atoms with Gasteiger partial charge in [0.1, 0.15) is 0 Å². The molecule has 2 aromatic heterocycles. The lowest BCUT2D eigenvalue weighted by Gasteiger charge is -2.22. The van der Waals surface area contributed by atoms with Crippen molar-refractivity contribution in [2.45, 2.75) is 25.6 Å². The van der Waals surface area contributed by atoms with Crippen LogP contribution >= 0.6 is 0 Å². The summed E-state index contributed by atoms with van der Waals surface area (Å²) in [7, 11) is 0. The summed E-state index contributed by atoms with van der Waals surface area (Å²) >= 11 is 0. The molecule has 1 N–H and O–H groups in total. The van der Waals surface area contributed by atoms with Gasteiger partial charge in [0.25, 0.3) is 0 Å². The largest absolute Gasteiger partial charge is 0.416 e. The molecule has 1 aliphatic rings. The van der Waals surface area contributed by atoms with Gasteiger partial charge in [-0.15, -0.1) is 0 Å². The number of anilines is 1. The van der Waals surface area contributed by atoms with Crippen LogP contribution in [0.2, 0.25) is 0 Å². The van der Waals surface area contributed by atoms with Crippen LogP contribution < -0.4 is 5.32 Å². The molecular formula is C18H16F3N5O. The van der Waals surface area contributed by atoms with Crippen LogP contribution in [0.4, 0.5) is 18.9 Å². The molecule has 3 heterocycles. The number of hydrogen-bond acceptors (Lipinski definition) is 3. The highest BCUT2D eigenvalue weighted by Crippen LogP contribution is 2.30. The molecule has 1 aromatic carbocycles. The zero-order valence-electron chi connectivity index (χ0n) is 14.1. The van der Waals surface area contributed by atoms with Crippen molar-refractivity contribution < 1.29 is 18.0 Å². The van der Waals surface area contributed by atoms with Gasteiger partial charge in [-0.05, 0) is 24.6 Å². The molecule has 140 valence electrons. The second-order valence-corrected chi connectivity index (χ2v) is 6.48. The first-order valence-corrected chi connectivity index (χ1v) is 8.42. The molecule has 0 saturated carbocycles. The smallest absolute Gasteiger partial charge is 0.335 e. The maximum absolute atomic E-state index is 12.9. The number of nitrogens with one attached hydrogen (secondary N) is 1. The lowest BCUT2D eigenvalue weighted by atomic mass is 9.95. The first-order valence-electron chi connectivity index (χ1n) is 8.42. The standard InChI is InChI=1S/C18H16F3N5O/c19-18(20,21)13-2-1-3-15(7-13)26-10-14(8-23-26)24-17(27)12-4-5-25-11-22-9-16(25)6-12/h1-3,7-12H,4-6H2,(H,24,27). The molecule has 6 nitrogen and oxygen atoms in total. The second-order valence-electron chi connectivity index (χ2n) is 6.48. The van der Waals surface area contributed by atoms with Gasteiger partial charge in [0, 0.05) is 30.8 Å². The molecule has 0 aliphatic carbocycles. The van der Waals surface area contributed by atoms with E-state index >= 15 is 0 Å². The molecule has 0 bridgehead atoms. The van der Waals surface area contributed by atoms with E-state index in [1.54, 1.807) is 12.5 Å². The summed E-state index contributed by atoms with van der Waals surface area (Å²) in [5, 5.41) is 6.85. The molecule has 3 aromatic rings. The molecule has 4 rings (SSSR count). The summed E-state index contributed by atoms with van der Waals surface area (Å²) < 4.78 is 41.9. The molecule has 0 fully saturated rings. The molecule has 0 spiro atoms. The Bertz CT molecular complexity index is 975. The Morgan fingerprint density at radius 1 is 1.26 bits per heavy atom. The molecule has 0 radical (unpaired) electrons. The van der Waals surface area contributed by atoms with Crippen LogP contribution in [-0.2, 0) is 23.9 Å². The molecule has 1 amide bonds. The van der Waals surface area contributed by atoms with Gasteiger partial charge in [-0.2, -0.15) is 18.3 Å². The topological polar surface area (TPSA) is 64.7 Å². The van der Waals surface area contributed by atoms with Gasteiger partial charge in [0.2, 0.25) is 5.91 Å². The van der Waals surface area contributed by atoms with Crippen LogP contribution in [0.25, 0.3) is 5.69 Å². The average molecular weight is 375 g/mol. The van der Waals surface area contributed by atoms with Crippen molar-refractivity contribution >= 4 is 11.6 Å². The van der Waals surface area contributed by atoms with Crippen LogP contribution in [0.15, 0.2) is 49.2 Å². The number of aryl methyl sites for hydroxylation is 1. The van der Waals surface area contributed by atoms with Gasteiger partial charge < -0.3 is 9.88 Å². The van der Waals surface area contributed by atoms with Crippen molar-refractivity contribution in [3.8, 4) is 5.69 Å². The highest BCUT2D eigenvalue weighted by molar-refractivity contribution is 5.92. The number of aromatic nitrogens is 4. The monoisotopic (exact) mass is 375 g/mol. The molecule has 1 atom stereocenters. The third kappa shape index (κ3) is 3.57. The molecule has 27 heavy (non-hydrogen) atoms. The van der Waals surface area contributed by atoms with Gasteiger partial charge in [-0.25, -0.2) is 9.67 Å². The van der Waals surface area contributed by atoms with Crippen molar-refractivity contribution in [2.75, 3.05) is 5.32 Å². The fourth-order valence-corrected chi connectivity index (χ4v) is 3.19. The summed E-state index contributed by atoms with van der Waals surface area (Å²) in [4.78, 5) is 16.6.